The third-order valence-electron chi connectivity index (χ3n) is 5.42. The molecule has 0 aliphatic rings. The zero-order valence-corrected chi connectivity index (χ0v) is 18.9. The summed E-state index contributed by atoms with van der Waals surface area (Å²) in [6, 6.07) is 5.15. The number of ether oxygens (including phenoxy) is 2. The number of hydrogen-bond acceptors (Lipinski definition) is 7. The molecule has 0 aliphatic heterocycles. The molecular formula is C24H29FN4O4. The second kappa shape index (κ2) is 12.1. The molecular weight excluding hydrogens is 427 g/mol. The van der Waals surface area contributed by atoms with Crippen LogP contribution in [-0.4, -0.2) is 39.8 Å². The van der Waals surface area contributed by atoms with Crippen LogP contribution in [0.15, 0.2) is 30.7 Å². The smallest absolute Gasteiger partial charge is 0.250 e. The van der Waals surface area contributed by atoms with Gasteiger partial charge in [-0.3, -0.25) is 10.0 Å². The molecule has 3 aromatic rings. The fourth-order valence-corrected chi connectivity index (χ4v) is 3.60. The van der Waals surface area contributed by atoms with Crippen LogP contribution in [-0.2, 0) is 4.79 Å². The summed E-state index contributed by atoms with van der Waals surface area (Å²) in [6.45, 7) is 2.43. The van der Waals surface area contributed by atoms with Crippen molar-refractivity contribution in [1.29, 1.82) is 0 Å². The molecule has 0 bridgehead atoms. The van der Waals surface area contributed by atoms with Crippen molar-refractivity contribution in [3.8, 4) is 22.8 Å². The molecule has 1 amide bonds. The molecule has 0 atom stereocenters. The van der Waals surface area contributed by atoms with Crippen molar-refractivity contribution in [3.63, 3.8) is 0 Å². The first kappa shape index (κ1) is 24.3. The third kappa shape index (κ3) is 6.58. The summed E-state index contributed by atoms with van der Waals surface area (Å²) in [6.07, 6.45) is 9.09. The van der Waals surface area contributed by atoms with Crippen LogP contribution < -0.4 is 15.0 Å². The van der Waals surface area contributed by atoms with Gasteiger partial charge < -0.3 is 9.47 Å². The predicted octanol–water partition coefficient (Wildman–Crippen LogP) is 4.76. The normalized spacial score (nSPS) is 10.9. The Kier molecular flexibility index (Phi) is 8.88. The van der Waals surface area contributed by atoms with Crippen molar-refractivity contribution < 1.29 is 23.9 Å². The van der Waals surface area contributed by atoms with Gasteiger partial charge in [-0.25, -0.2) is 24.8 Å². The number of aryl methyl sites for hydroxylation is 1. The number of carbonyl (C=O) groups excluding carboxylic acids is 1. The highest BCUT2D eigenvalue weighted by molar-refractivity contribution is 5.91. The summed E-state index contributed by atoms with van der Waals surface area (Å²) >= 11 is 0. The fraction of sp³-hybridized carbons (Fsp3) is 0.417. The molecule has 0 aliphatic carbocycles. The molecule has 0 fully saturated rings. The van der Waals surface area contributed by atoms with E-state index in [2.05, 4.69) is 15.0 Å². The van der Waals surface area contributed by atoms with E-state index in [1.165, 1.54) is 19.5 Å². The van der Waals surface area contributed by atoms with E-state index >= 15 is 0 Å². The third-order valence-corrected chi connectivity index (χ3v) is 5.42. The van der Waals surface area contributed by atoms with E-state index in [1.807, 2.05) is 19.1 Å². The summed E-state index contributed by atoms with van der Waals surface area (Å²) in [5, 5.41) is 9.32. The summed E-state index contributed by atoms with van der Waals surface area (Å²) in [4.78, 5) is 23.7. The zero-order valence-electron chi connectivity index (χ0n) is 18.9. The van der Waals surface area contributed by atoms with Gasteiger partial charge in [-0.2, -0.15) is 0 Å². The Morgan fingerprint density at radius 3 is 2.52 bits per heavy atom. The maximum Gasteiger partial charge on any atom is 0.250 e. The van der Waals surface area contributed by atoms with Gasteiger partial charge in [0.15, 0.2) is 5.82 Å². The minimum absolute atomic E-state index is 0.0489. The monoisotopic (exact) mass is 456 g/mol. The highest BCUT2D eigenvalue weighted by Gasteiger charge is 2.13. The van der Waals surface area contributed by atoms with E-state index in [4.69, 9.17) is 14.7 Å². The molecule has 2 N–H and O–H groups in total. The second-order valence-corrected chi connectivity index (χ2v) is 7.80. The van der Waals surface area contributed by atoms with E-state index < -0.39 is 5.82 Å². The number of methoxy groups -OCH3 is 1. The molecule has 8 nitrogen and oxygen atoms in total. The number of nitrogens with zero attached hydrogens (tertiary/aromatic N) is 3. The largest absolute Gasteiger partial charge is 0.491 e. The number of rotatable bonds is 12. The predicted molar refractivity (Wildman–Crippen MR) is 122 cm³/mol. The van der Waals surface area contributed by atoms with Gasteiger partial charge in [0.25, 0.3) is 0 Å². The molecule has 0 unspecified atom stereocenters. The lowest BCUT2D eigenvalue weighted by molar-refractivity contribution is -0.129. The molecule has 0 spiro atoms. The molecule has 2 heterocycles. The zero-order chi connectivity index (χ0) is 23.6. The van der Waals surface area contributed by atoms with Crippen LogP contribution in [0.3, 0.4) is 0 Å². The molecule has 2 aromatic heterocycles. The van der Waals surface area contributed by atoms with Gasteiger partial charge in [-0.15, -0.1) is 0 Å². The highest BCUT2D eigenvalue weighted by Crippen LogP contribution is 2.33. The summed E-state index contributed by atoms with van der Waals surface area (Å²) < 4.78 is 25.2. The van der Waals surface area contributed by atoms with Gasteiger partial charge in [-0.1, -0.05) is 25.7 Å². The van der Waals surface area contributed by atoms with E-state index in [0.717, 1.165) is 60.7 Å². The number of carbonyl (C=O) groups is 1. The van der Waals surface area contributed by atoms with E-state index in [0.29, 0.717) is 24.3 Å². The fourth-order valence-electron chi connectivity index (χ4n) is 3.60. The van der Waals surface area contributed by atoms with Crippen molar-refractivity contribution in [2.45, 2.75) is 51.9 Å². The Morgan fingerprint density at radius 1 is 1.03 bits per heavy atom. The number of aromatic nitrogens is 3. The van der Waals surface area contributed by atoms with E-state index in [-0.39, 0.29) is 11.8 Å². The summed E-state index contributed by atoms with van der Waals surface area (Å²) in [5.74, 6) is -0.299. The Labute approximate surface area is 192 Å². The Morgan fingerprint density at radius 2 is 1.79 bits per heavy atom. The molecule has 3 rings (SSSR count). The maximum atomic E-state index is 14.2. The number of pyridine rings is 1. The molecule has 33 heavy (non-hydrogen) atoms. The first-order valence-electron chi connectivity index (χ1n) is 11.0. The minimum atomic E-state index is -0.532. The first-order chi connectivity index (χ1) is 16.0. The second-order valence-electron chi connectivity index (χ2n) is 7.80. The van der Waals surface area contributed by atoms with Gasteiger partial charge in [-0.05, 0) is 43.5 Å². The molecule has 9 heteroatoms. The average Bonchev–Trinajstić information content (AvgIpc) is 2.83. The number of hydrogen-bond donors (Lipinski definition) is 2. The van der Waals surface area contributed by atoms with Crippen LogP contribution in [0.2, 0.25) is 0 Å². The number of amides is 1. The van der Waals surface area contributed by atoms with Crippen LogP contribution in [0, 0.1) is 12.7 Å². The van der Waals surface area contributed by atoms with Crippen molar-refractivity contribution in [2.75, 3.05) is 13.7 Å². The van der Waals surface area contributed by atoms with Crippen molar-refractivity contribution in [3.05, 3.63) is 42.2 Å². The van der Waals surface area contributed by atoms with Gasteiger partial charge in [0.1, 0.15) is 17.6 Å². The van der Waals surface area contributed by atoms with E-state index in [1.54, 1.807) is 11.7 Å². The molecule has 0 radical (unpaired) electrons. The SMILES string of the molecule is COc1ncc(-c2cc(OCCCCCCCCC(=O)NO)c3ncnc(C)c3c2)cc1F. The number of unbranched alkanes of at least 4 members (excludes halogenated alkanes) is 5. The summed E-state index contributed by atoms with van der Waals surface area (Å²) in [7, 11) is 1.38. The van der Waals surface area contributed by atoms with Crippen molar-refractivity contribution in [1.82, 2.24) is 20.4 Å². The lowest BCUT2D eigenvalue weighted by atomic mass is 10.0. The van der Waals surface area contributed by atoms with Crippen LogP contribution >= 0.6 is 0 Å². The van der Waals surface area contributed by atoms with Gasteiger partial charge >= 0.3 is 0 Å². The lowest BCUT2D eigenvalue weighted by Gasteiger charge is -2.13. The maximum absolute atomic E-state index is 14.2. The van der Waals surface area contributed by atoms with Crippen LogP contribution in [0.4, 0.5) is 4.39 Å². The Balaban J connectivity index is 1.63. The van der Waals surface area contributed by atoms with E-state index in [9.17, 15) is 9.18 Å². The van der Waals surface area contributed by atoms with Crippen LogP contribution in [0.5, 0.6) is 11.6 Å². The lowest BCUT2D eigenvalue weighted by Crippen LogP contribution is -2.17. The van der Waals surface area contributed by atoms with Gasteiger partial charge in [0.2, 0.25) is 11.8 Å². The summed E-state index contributed by atoms with van der Waals surface area (Å²) in [5.41, 5.74) is 4.54. The highest BCUT2D eigenvalue weighted by atomic mass is 19.1. The van der Waals surface area contributed by atoms with Crippen molar-refractivity contribution >= 4 is 16.8 Å². The number of nitrogens with one attached hydrogen (secondary N) is 1. The molecule has 176 valence electrons. The average molecular weight is 457 g/mol. The number of halogens is 1. The number of fused-ring (bicyclic) bond motifs is 1. The van der Waals surface area contributed by atoms with Crippen molar-refractivity contribution in [2.24, 2.45) is 0 Å². The topological polar surface area (TPSA) is 106 Å². The Hall–Kier alpha value is -3.33. The molecule has 0 saturated carbocycles. The quantitative estimate of drug-likeness (QED) is 0.230. The number of hydroxylamine groups is 1. The van der Waals surface area contributed by atoms with Crippen LogP contribution in [0.25, 0.3) is 22.0 Å². The Bertz CT molecular complexity index is 1090. The van der Waals surface area contributed by atoms with Crippen LogP contribution in [0.1, 0.15) is 50.6 Å². The van der Waals surface area contributed by atoms with Gasteiger partial charge in [0.05, 0.1) is 13.7 Å². The molecule has 1 aromatic carbocycles. The standard InChI is InChI=1S/C24H29FN4O4/c1-16-19-11-17(18-12-20(25)24(32-2)26-14-18)13-21(23(19)28-15-27-16)33-10-8-6-4-3-5-7-9-22(30)29-31/h11-15,31H,3-10H2,1-2H3,(H,29,30). The molecule has 0 saturated heterocycles. The van der Waals surface area contributed by atoms with Gasteiger partial charge in [0, 0.05) is 29.3 Å². The minimum Gasteiger partial charge on any atom is -0.491 e. The first-order valence-corrected chi connectivity index (χ1v) is 11.0. The number of benzene rings is 1.